The lowest BCUT2D eigenvalue weighted by Crippen LogP contribution is -2.30. The number of rotatable bonds is 3. The van der Waals surface area contributed by atoms with Crippen LogP contribution in [0.25, 0.3) is 0 Å². The van der Waals surface area contributed by atoms with Crippen LogP contribution in [0.15, 0.2) is 40.3 Å². The van der Waals surface area contributed by atoms with Crippen molar-refractivity contribution in [2.24, 2.45) is 0 Å². The van der Waals surface area contributed by atoms with Crippen molar-refractivity contribution in [2.75, 3.05) is 11.1 Å². The van der Waals surface area contributed by atoms with Gasteiger partial charge in [-0.2, -0.15) is 0 Å². The van der Waals surface area contributed by atoms with Gasteiger partial charge >= 0.3 is 0 Å². The molecule has 0 radical (unpaired) electrons. The SMILES string of the molecule is O=C(CC1CSc2nc3c(c(=O)n21)CCC3)Nc1ccccc1. The summed E-state index contributed by atoms with van der Waals surface area (Å²) in [6, 6.07) is 9.28. The fourth-order valence-electron chi connectivity index (χ4n) is 3.25. The van der Waals surface area contributed by atoms with Crippen molar-refractivity contribution in [1.29, 1.82) is 0 Å². The van der Waals surface area contributed by atoms with Crippen LogP contribution in [0.5, 0.6) is 0 Å². The van der Waals surface area contributed by atoms with E-state index in [9.17, 15) is 9.59 Å². The number of aryl methyl sites for hydroxylation is 1. The number of carbonyl (C=O) groups excluding carboxylic acids is 1. The molecule has 2 aromatic rings. The summed E-state index contributed by atoms with van der Waals surface area (Å²) in [5, 5.41) is 3.66. The minimum absolute atomic E-state index is 0.0602. The average molecular weight is 327 g/mol. The van der Waals surface area contributed by atoms with Crippen molar-refractivity contribution in [1.82, 2.24) is 9.55 Å². The van der Waals surface area contributed by atoms with Crippen LogP contribution in [0.2, 0.25) is 0 Å². The van der Waals surface area contributed by atoms with Gasteiger partial charge in [0, 0.05) is 23.4 Å². The van der Waals surface area contributed by atoms with E-state index in [-0.39, 0.29) is 17.5 Å². The van der Waals surface area contributed by atoms with Crippen LogP contribution in [0, 0.1) is 0 Å². The zero-order chi connectivity index (χ0) is 15.8. The maximum Gasteiger partial charge on any atom is 0.257 e. The number of carbonyl (C=O) groups is 1. The molecule has 118 valence electrons. The van der Waals surface area contributed by atoms with Crippen LogP contribution < -0.4 is 10.9 Å². The van der Waals surface area contributed by atoms with E-state index in [1.54, 1.807) is 16.3 Å². The van der Waals surface area contributed by atoms with E-state index in [2.05, 4.69) is 10.3 Å². The molecule has 1 aromatic heterocycles. The van der Waals surface area contributed by atoms with Gasteiger partial charge in [0.05, 0.1) is 11.7 Å². The van der Waals surface area contributed by atoms with Crippen molar-refractivity contribution in [3.05, 3.63) is 51.9 Å². The minimum Gasteiger partial charge on any atom is -0.326 e. The van der Waals surface area contributed by atoms with E-state index in [1.165, 1.54) is 0 Å². The van der Waals surface area contributed by atoms with Crippen molar-refractivity contribution in [3.8, 4) is 0 Å². The number of hydrogen-bond donors (Lipinski definition) is 1. The Hall–Kier alpha value is -2.08. The third-order valence-electron chi connectivity index (χ3n) is 4.35. The standard InChI is InChI=1S/C17H17N3O2S/c21-15(18-11-5-2-1-3-6-11)9-12-10-23-17-19-14-8-4-7-13(14)16(22)20(12)17/h1-3,5-6,12H,4,7-10H2,(H,18,21). The van der Waals surface area contributed by atoms with Gasteiger partial charge in [0.15, 0.2) is 5.16 Å². The van der Waals surface area contributed by atoms with Gasteiger partial charge in [-0.1, -0.05) is 30.0 Å². The lowest BCUT2D eigenvalue weighted by Gasteiger charge is -2.14. The Kier molecular flexibility index (Phi) is 3.69. The average Bonchev–Trinajstić information content (AvgIpc) is 3.16. The maximum atomic E-state index is 12.7. The second-order valence-corrected chi connectivity index (χ2v) is 6.92. The number of para-hydroxylation sites is 1. The molecule has 4 rings (SSSR count). The molecule has 0 spiro atoms. The zero-order valence-corrected chi connectivity index (χ0v) is 13.4. The number of nitrogens with zero attached hydrogens (tertiary/aromatic N) is 2. The second-order valence-electron chi connectivity index (χ2n) is 5.93. The van der Waals surface area contributed by atoms with Crippen LogP contribution in [0.4, 0.5) is 5.69 Å². The van der Waals surface area contributed by atoms with Crippen LogP contribution in [0.3, 0.4) is 0 Å². The molecular formula is C17H17N3O2S. The topological polar surface area (TPSA) is 64.0 Å². The molecule has 2 aliphatic rings. The van der Waals surface area contributed by atoms with Gasteiger partial charge in [0.1, 0.15) is 0 Å². The molecule has 23 heavy (non-hydrogen) atoms. The van der Waals surface area contributed by atoms with Gasteiger partial charge in [-0.15, -0.1) is 0 Å². The normalized spacial score (nSPS) is 18.5. The molecular weight excluding hydrogens is 310 g/mol. The van der Waals surface area contributed by atoms with Gasteiger partial charge in [0.2, 0.25) is 5.91 Å². The molecule has 5 nitrogen and oxygen atoms in total. The lowest BCUT2D eigenvalue weighted by molar-refractivity contribution is -0.116. The summed E-state index contributed by atoms with van der Waals surface area (Å²) in [7, 11) is 0. The third kappa shape index (κ3) is 2.67. The van der Waals surface area contributed by atoms with Crippen LogP contribution >= 0.6 is 11.8 Å². The van der Waals surface area contributed by atoms with E-state index < -0.39 is 0 Å². The highest BCUT2D eigenvalue weighted by Gasteiger charge is 2.31. The summed E-state index contributed by atoms with van der Waals surface area (Å²) in [5.74, 6) is 0.662. The Balaban J connectivity index is 1.55. The zero-order valence-electron chi connectivity index (χ0n) is 12.6. The van der Waals surface area contributed by atoms with Crippen LogP contribution in [0.1, 0.15) is 30.1 Å². The summed E-state index contributed by atoms with van der Waals surface area (Å²) in [4.78, 5) is 29.6. The largest absolute Gasteiger partial charge is 0.326 e. The van der Waals surface area contributed by atoms with Crippen molar-refractivity contribution in [2.45, 2.75) is 36.9 Å². The number of nitrogens with one attached hydrogen (secondary N) is 1. The third-order valence-corrected chi connectivity index (χ3v) is 5.45. The number of thioether (sulfide) groups is 1. The fraction of sp³-hybridized carbons (Fsp3) is 0.353. The molecule has 1 amide bonds. The minimum atomic E-state index is -0.107. The summed E-state index contributed by atoms with van der Waals surface area (Å²) in [5.41, 5.74) is 2.65. The molecule has 1 aliphatic heterocycles. The summed E-state index contributed by atoms with van der Waals surface area (Å²) >= 11 is 1.58. The van der Waals surface area contributed by atoms with E-state index in [1.807, 2.05) is 30.3 Å². The van der Waals surface area contributed by atoms with Crippen molar-refractivity contribution < 1.29 is 4.79 Å². The molecule has 1 unspecified atom stereocenters. The Bertz CT molecular complexity index is 817. The van der Waals surface area contributed by atoms with Gasteiger partial charge in [-0.3, -0.25) is 14.2 Å². The Morgan fingerprint density at radius 2 is 2.13 bits per heavy atom. The highest BCUT2D eigenvalue weighted by Crippen LogP contribution is 2.34. The van der Waals surface area contributed by atoms with Gasteiger partial charge < -0.3 is 5.32 Å². The number of fused-ring (bicyclic) bond motifs is 2. The highest BCUT2D eigenvalue weighted by atomic mass is 32.2. The number of aromatic nitrogens is 2. The molecule has 6 heteroatoms. The molecule has 0 saturated heterocycles. The van der Waals surface area contributed by atoms with E-state index >= 15 is 0 Å². The Morgan fingerprint density at radius 3 is 2.96 bits per heavy atom. The molecule has 0 bridgehead atoms. The second kappa shape index (κ2) is 5.85. The first kappa shape index (κ1) is 14.5. The quantitative estimate of drug-likeness (QED) is 0.879. The van der Waals surface area contributed by atoms with E-state index in [0.29, 0.717) is 6.42 Å². The predicted octanol–water partition coefficient (Wildman–Crippen LogP) is 2.41. The first-order valence-electron chi connectivity index (χ1n) is 7.84. The molecule has 0 fully saturated rings. The Labute approximate surface area is 138 Å². The first-order valence-corrected chi connectivity index (χ1v) is 8.83. The van der Waals surface area contributed by atoms with E-state index in [0.717, 1.165) is 47.1 Å². The molecule has 1 aromatic carbocycles. The lowest BCUT2D eigenvalue weighted by atomic mass is 10.2. The van der Waals surface area contributed by atoms with Crippen molar-refractivity contribution >= 4 is 23.4 Å². The van der Waals surface area contributed by atoms with Crippen LogP contribution in [-0.2, 0) is 17.6 Å². The monoisotopic (exact) mass is 327 g/mol. The molecule has 1 N–H and O–H groups in total. The van der Waals surface area contributed by atoms with Crippen LogP contribution in [-0.4, -0.2) is 21.2 Å². The fourth-order valence-corrected chi connectivity index (χ4v) is 4.40. The maximum absolute atomic E-state index is 12.7. The van der Waals surface area contributed by atoms with E-state index in [4.69, 9.17) is 0 Å². The smallest absolute Gasteiger partial charge is 0.257 e. The first-order chi connectivity index (χ1) is 11.2. The van der Waals surface area contributed by atoms with Crippen molar-refractivity contribution in [3.63, 3.8) is 0 Å². The van der Waals surface area contributed by atoms with Gasteiger partial charge in [-0.05, 0) is 31.4 Å². The molecule has 1 atom stereocenters. The predicted molar refractivity (Wildman–Crippen MR) is 90.0 cm³/mol. The summed E-state index contributed by atoms with van der Waals surface area (Å²) < 4.78 is 1.74. The molecule has 2 heterocycles. The molecule has 0 saturated carbocycles. The Morgan fingerprint density at radius 1 is 1.30 bits per heavy atom. The number of hydrogen-bond acceptors (Lipinski definition) is 4. The number of benzene rings is 1. The van der Waals surface area contributed by atoms with Gasteiger partial charge in [-0.25, -0.2) is 4.98 Å². The van der Waals surface area contributed by atoms with Gasteiger partial charge in [0.25, 0.3) is 5.56 Å². The highest BCUT2D eigenvalue weighted by molar-refractivity contribution is 7.99. The number of amides is 1. The summed E-state index contributed by atoms with van der Waals surface area (Å²) in [6.45, 7) is 0. The summed E-state index contributed by atoms with van der Waals surface area (Å²) in [6.07, 6.45) is 3.02. The molecule has 1 aliphatic carbocycles. The number of anilines is 1.